The molecule has 9 heteroatoms. The number of benzene rings is 2. The van der Waals surface area contributed by atoms with Gasteiger partial charge in [0.1, 0.15) is 0 Å². The van der Waals surface area contributed by atoms with Gasteiger partial charge < -0.3 is 30.0 Å². The molecule has 0 aliphatic carbocycles. The third kappa shape index (κ3) is 5.53. The first-order chi connectivity index (χ1) is 20.3. The van der Waals surface area contributed by atoms with Crippen molar-refractivity contribution in [3.63, 3.8) is 0 Å². The number of ketones is 1. The number of nitrogens with two attached hydrogens (primary N) is 1. The third-order valence-corrected chi connectivity index (χ3v) is 9.35. The quantitative estimate of drug-likeness (QED) is 0.351. The largest absolute Gasteiger partial charge is 0.493 e. The van der Waals surface area contributed by atoms with E-state index in [2.05, 4.69) is 14.8 Å². The summed E-state index contributed by atoms with van der Waals surface area (Å²) in [6.45, 7) is 5.33. The van der Waals surface area contributed by atoms with Crippen molar-refractivity contribution in [3.05, 3.63) is 59.8 Å². The Labute approximate surface area is 248 Å². The summed E-state index contributed by atoms with van der Waals surface area (Å²) in [6.07, 6.45) is 7.44. The van der Waals surface area contributed by atoms with Gasteiger partial charge in [0.15, 0.2) is 22.8 Å². The highest BCUT2D eigenvalue weighted by molar-refractivity contribution is 6.11. The molecule has 2 unspecified atom stereocenters. The topological polar surface area (TPSA) is 104 Å². The van der Waals surface area contributed by atoms with Crippen molar-refractivity contribution in [2.75, 3.05) is 47.4 Å². The van der Waals surface area contributed by atoms with Crippen molar-refractivity contribution >= 4 is 22.6 Å². The van der Waals surface area contributed by atoms with Gasteiger partial charge in [-0.3, -0.25) is 14.5 Å². The Kier molecular flexibility index (Phi) is 9.20. The maximum Gasteiger partial charge on any atom is 0.252 e. The zero-order valence-electron chi connectivity index (χ0n) is 25.4. The summed E-state index contributed by atoms with van der Waals surface area (Å²) < 4.78 is 10.9. The van der Waals surface area contributed by atoms with Gasteiger partial charge in [0.25, 0.3) is 5.91 Å². The van der Waals surface area contributed by atoms with Crippen molar-refractivity contribution < 1.29 is 19.1 Å². The lowest BCUT2D eigenvalue weighted by Gasteiger charge is -2.50. The van der Waals surface area contributed by atoms with Crippen LogP contribution < -0.4 is 15.2 Å². The van der Waals surface area contributed by atoms with Crippen LogP contribution in [0.4, 0.5) is 0 Å². The number of H-pyrrole nitrogens is 1. The number of Topliss-reactive ketones (excluding diaryl/α,β-unsaturated/α-hetero) is 1. The van der Waals surface area contributed by atoms with Gasteiger partial charge in [-0.05, 0) is 75.0 Å². The molecule has 9 nitrogen and oxygen atoms in total. The molecule has 226 valence electrons. The number of nitrogens with one attached hydrogen (secondary N) is 1. The van der Waals surface area contributed by atoms with Gasteiger partial charge in [-0.15, -0.1) is 0 Å². The maximum absolute atomic E-state index is 14.8. The molecular formula is C33H45N5O4. The molecule has 2 aliphatic rings. The van der Waals surface area contributed by atoms with E-state index in [9.17, 15) is 9.59 Å². The molecule has 0 saturated carbocycles. The summed E-state index contributed by atoms with van der Waals surface area (Å²) in [5, 5.41) is 0.925. The summed E-state index contributed by atoms with van der Waals surface area (Å²) in [4.78, 5) is 38.3. The van der Waals surface area contributed by atoms with Crippen LogP contribution in [0.5, 0.6) is 11.5 Å². The van der Waals surface area contributed by atoms with E-state index in [1.807, 2.05) is 48.7 Å². The fourth-order valence-electron chi connectivity index (χ4n) is 7.12. The van der Waals surface area contributed by atoms with Crippen LogP contribution in [0.3, 0.4) is 0 Å². The number of likely N-dealkylation sites (tertiary alicyclic amines) is 2. The second-order valence-electron chi connectivity index (χ2n) is 11.8. The van der Waals surface area contributed by atoms with E-state index in [0.29, 0.717) is 37.2 Å². The van der Waals surface area contributed by atoms with Crippen molar-refractivity contribution in [2.24, 2.45) is 5.73 Å². The second-order valence-corrected chi connectivity index (χ2v) is 11.8. The minimum atomic E-state index is -1.55. The summed E-state index contributed by atoms with van der Waals surface area (Å²) in [6, 6.07) is 13.1. The number of amides is 1. The molecule has 0 radical (unpaired) electrons. The maximum atomic E-state index is 14.8. The Morgan fingerprint density at radius 2 is 1.71 bits per heavy atom. The van der Waals surface area contributed by atoms with Crippen LogP contribution in [0.25, 0.3) is 10.9 Å². The van der Waals surface area contributed by atoms with Gasteiger partial charge in [0.2, 0.25) is 0 Å². The number of hydrogen-bond acceptors (Lipinski definition) is 7. The van der Waals surface area contributed by atoms with E-state index < -0.39 is 11.6 Å². The molecule has 2 fully saturated rings. The number of carbonyl (C=O) groups is 2. The first kappa shape index (κ1) is 30.1. The highest BCUT2D eigenvalue weighted by Crippen LogP contribution is 2.39. The molecular weight excluding hydrogens is 530 g/mol. The Hall–Kier alpha value is -3.40. The van der Waals surface area contributed by atoms with Crippen LogP contribution in [0.1, 0.15) is 56.2 Å². The Morgan fingerprint density at radius 3 is 2.38 bits per heavy atom. The fraction of sp³-hybridized carbons (Fsp3) is 0.515. The number of fused-ring (bicyclic) bond motifs is 1. The van der Waals surface area contributed by atoms with E-state index in [0.717, 1.165) is 48.0 Å². The summed E-state index contributed by atoms with van der Waals surface area (Å²) in [7, 11) is 4.93. The standard InChI is InChI=1S/C33H45N5O4/c1-23(39)33(31(34)27-21-35-28-11-7-6-10-26(27)28,38-18-14-25(15-19-38)37-16-8-5-9-17-37)32(40)36(2)22-24-12-13-29(41-3)30(20-24)42-4/h6-7,10-13,20-21,25,31,35H,5,8-9,14-19,22,34H2,1-4H3. The smallest absolute Gasteiger partial charge is 0.252 e. The fourth-order valence-corrected chi connectivity index (χ4v) is 7.12. The normalized spacial score (nSPS) is 19.3. The highest BCUT2D eigenvalue weighted by atomic mass is 16.5. The van der Waals surface area contributed by atoms with Crippen LogP contribution in [0.2, 0.25) is 0 Å². The molecule has 2 atom stereocenters. The number of methoxy groups -OCH3 is 2. The van der Waals surface area contributed by atoms with E-state index in [-0.39, 0.29) is 11.7 Å². The Bertz CT molecular complexity index is 1390. The summed E-state index contributed by atoms with van der Waals surface area (Å²) in [5.74, 6) is 0.676. The van der Waals surface area contributed by atoms with Gasteiger partial charge in [0.05, 0.1) is 20.3 Å². The van der Waals surface area contributed by atoms with Crippen molar-refractivity contribution in [3.8, 4) is 11.5 Å². The number of ether oxygens (including phenoxy) is 2. The number of aromatic amines is 1. The van der Waals surface area contributed by atoms with E-state index in [1.54, 1.807) is 26.2 Å². The molecule has 2 aliphatic heterocycles. The molecule has 3 aromatic rings. The van der Waals surface area contributed by atoms with Crippen LogP contribution in [-0.4, -0.2) is 90.4 Å². The Balaban J connectivity index is 1.50. The lowest BCUT2D eigenvalue weighted by molar-refractivity contribution is -0.155. The van der Waals surface area contributed by atoms with Crippen LogP contribution in [0.15, 0.2) is 48.7 Å². The average Bonchev–Trinajstić information content (AvgIpc) is 3.46. The first-order valence-electron chi connectivity index (χ1n) is 15.1. The third-order valence-electron chi connectivity index (χ3n) is 9.35. The van der Waals surface area contributed by atoms with Gasteiger partial charge >= 0.3 is 0 Å². The molecule has 3 N–H and O–H groups in total. The van der Waals surface area contributed by atoms with Crippen LogP contribution >= 0.6 is 0 Å². The van der Waals surface area contributed by atoms with Crippen LogP contribution in [-0.2, 0) is 16.1 Å². The number of hydrogen-bond donors (Lipinski definition) is 2. The van der Waals surface area contributed by atoms with Gasteiger partial charge in [-0.1, -0.05) is 30.7 Å². The molecule has 0 bridgehead atoms. The van der Waals surface area contributed by atoms with E-state index in [1.165, 1.54) is 26.2 Å². The second kappa shape index (κ2) is 12.9. The van der Waals surface area contributed by atoms with Crippen LogP contribution in [0, 0.1) is 0 Å². The minimum absolute atomic E-state index is 0.235. The number of aromatic nitrogens is 1. The molecule has 1 aromatic heterocycles. The molecule has 3 heterocycles. The average molecular weight is 576 g/mol. The lowest BCUT2D eigenvalue weighted by atomic mass is 9.78. The van der Waals surface area contributed by atoms with Gasteiger partial charge in [-0.25, -0.2) is 0 Å². The first-order valence-corrected chi connectivity index (χ1v) is 15.1. The van der Waals surface area contributed by atoms with Gasteiger partial charge in [-0.2, -0.15) is 0 Å². The predicted molar refractivity (Wildman–Crippen MR) is 165 cm³/mol. The minimum Gasteiger partial charge on any atom is -0.493 e. The zero-order chi connectivity index (χ0) is 29.9. The number of rotatable bonds is 10. The molecule has 42 heavy (non-hydrogen) atoms. The molecule has 1 amide bonds. The lowest BCUT2D eigenvalue weighted by Crippen LogP contribution is -2.69. The number of nitrogens with zero attached hydrogens (tertiary/aromatic N) is 3. The predicted octanol–water partition coefficient (Wildman–Crippen LogP) is 4.12. The van der Waals surface area contributed by atoms with Crippen molar-refractivity contribution in [2.45, 2.75) is 63.2 Å². The molecule has 0 spiro atoms. The summed E-state index contributed by atoms with van der Waals surface area (Å²) >= 11 is 0. The van der Waals surface area contributed by atoms with Crippen molar-refractivity contribution in [1.29, 1.82) is 0 Å². The number of piperidine rings is 2. The van der Waals surface area contributed by atoms with E-state index in [4.69, 9.17) is 15.2 Å². The molecule has 2 saturated heterocycles. The van der Waals surface area contributed by atoms with Gasteiger partial charge in [0, 0.05) is 49.8 Å². The summed E-state index contributed by atoms with van der Waals surface area (Å²) in [5.41, 5.74) is 8.14. The molecule has 2 aromatic carbocycles. The number of para-hydroxylation sites is 1. The SMILES string of the molecule is COc1ccc(CN(C)C(=O)C(C(C)=O)(C(N)c2c[nH]c3ccccc23)N2CCC(N3CCCCC3)CC2)cc1OC. The van der Waals surface area contributed by atoms with E-state index >= 15 is 0 Å². The number of likely N-dealkylation sites (N-methyl/N-ethyl adjacent to an activating group) is 1. The highest BCUT2D eigenvalue weighted by Gasteiger charge is 2.56. The zero-order valence-corrected chi connectivity index (χ0v) is 25.4. The Morgan fingerprint density at radius 1 is 1.02 bits per heavy atom. The molecule has 5 rings (SSSR count). The monoisotopic (exact) mass is 575 g/mol. The number of carbonyl (C=O) groups excluding carboxylic acids is 2. The van der Waals surface area contributed by atoms with Crippen molar-refractivity contribution in [1.82, 2.24) is 19.7 Å².